The number of benzene rings is 3. The molecule has 0 aliphatic rings. The standard InChI is InChI=1S/C36H47FO3/c1-3-5-7-9-11-12-14-16-29-17-19-30(20-18-29)31-21-24-33(25-22-31)40-36(38)32-23-26-35(34(37)28-32)39-27-15-13-10-8-6-4-2/h17-26,28H,3-16,27H2,1-2H3. The lowest BCUT2D eigenvalue weighted by Gasteiger charge is -2.10. The van der Waals surface area contributed by atoms with Gasteiger partial charge in [-0.05, 0) is 66.3 Å². The molecular formula is C36H47FO3. The van der Waals surface area contributed by atoms with Crippen LogP contribution in [-0.4, -0.2) is 12.6 Å². The number of aryl methyl sites for hydroxylation is 1. The molecule has 3 aromatic carbocycles. The lowest BCUT2D eigenvalue weighted by atomic mass is 10.0. The molecule has 0 atom stereocenters. The number of rotatable bonds is 19. The number of esters is 1. The Balaban J connectivity index is 1.43. The first-order valence-electron chi connectivity index (χ1n) is 15.4. The quantitative estimate of drug-likeness (QED) is 0.0852. The summed E-state index contributed by atoms with van der Waals surface area (Å²) in [4.78, 5) is 12.6. The van der Waals surface area contributed by atoms with Gasteiger partial charge in [0.25, 0.3) is 0 Å². The summed E-state index contributed by atoms with van der Waals surface area (Å²) in [5, 5.41) is 0. The zero-order chi connectivity index (χ0) is 28.4. The largest absolute Gasteiger partial charge is 0.491 e. The maximum absolute atomic E-state index is 14.5. The summed E-state index contributed by atoms with van der Waals surface area (Å²) in [7, 11) is 0. The van der Waals surface area contributed by atoms with Crippen LogP contribution < -0.4 is 9.47 Å². The summed E-state index contributed by atoms with van der Waals surface area (Å²) >= 11 is 0. The SMILES string of the molecule is CCCCCCCCCc1ccc(-c2ccc(OC(=O)c3ccc(OCCCCCCCC)c(F)c3)cc2)cc1. The lowest BCUT2D eigenvalue weighted by Crippen LogP contribution is -2.09. The molecule has 0 aliphatic heterocycles. The summed E-state index contributed by atoms with van der Waals surface area (Å²) in [6, 6.07) is 20.4. The number of halogens is 1. The van der Waals surface area contributed by atoms with E-state index in [1.807, 2.05) is 12.1 Å². The van der Waals surface area contributed by atoms with Gasteiger partial charge < -0.3 is 9.47 Å². The van der Waals surface area contributed by atoms with E-state index in [0.29, 0.717) is 12.4 Å². The number of hydrogen-bond acceptors (Lipinski definition) is 3. The Morgan fingerprint density at radius 1 is 0.650 bits per heavy atom. The Labute approximate surface area is 241 Å². The second-order valence-electron chi connectivity index (χ2n) is 10.7. The Morgan fingerprint density at radius 2 is 1.20 bits per heavy atom. The van der Waals surface area contributed by atoms with E-state index in [4.69, 9.17) is 9.47 Å². The second kappa shape index (κ2) is 18.3. The molecule has 0 spiro atoms. The van der Waals surface area contributed by atoms with Crippen molar-refractivity contribution in [3.63, 3.8) is 0 Å². The zero-order valence-corrected chi connectivity index (χ0v) is 24.6. The van der Waals surface area contributed by atoms with E-state index in [2.05, 4.69) is 38.1 Å². The topological polar surface area (TPSA) is 35.5 Å². The monoisotopic (exact) mass is 546 g/mol. The highest BCUT2D eigenvalue weighted by molar-refractivity contribution is 5.91. The number of ether oxygens (including phenoxy) is 2. The zero-order valence-electron chi connectivity index (χ0n) is 24.6. The minimum absolute atomic E-state index is 0.157. The second-order valence-corrected chi connectivity index (χ2v) is 10.7. The predicted molar refractivity (Wildman–Crippen MR) is 164 cm³/mol. The first kappa shape index (κ1) is 31.4. The van der Waals surface area contributed by atoms with Gasteiger partial charge in [0.2, 0.25) is 0 Å². The van der Waals surface area contributed by atoms with Gasteiger partial charge in [0, 0.05) is 0 Å². The third kappa shape index (κ3) is 11.2. The summed E-state index contributed by atoms with van der Waals surface area (Å²) < 4.78 is 25.6. The van der Waals surface area contributed by atoms with Crippen molar-refractivity contribution in [2.45, 2.75) is 104 Å². The average Bonchev–Trinajstić information content (AvgIpc) is 2.97. The Morgan fingerprint density at radius 3 is 1.80 bits per heavy atom. The lowest BCUT2D eigenvalue weighted by molar-refractivity contribution is 0.0734. The fraction of sp³-hybridized carbons (Fsp3) is 0.472. The number of unbranched alkanes of at least 4 members (excludes halogenated alkanes) is 11. The van der Waals surface area contributed by atoms with E-state index in [1.54, 1.807) is 18.2 Å². The highest BCUT2D eigenvalue weighted by Crippen LogP contribution is 2.25. The molecule has 0 amide bonds. The molecule has 216 valence electrons. The molecule has 0 bridgehead atoms. The van der Waals surface area contributed by atoms with E-state index in [-0.39, 0.29) is 11.3 Å². The Bertz CT molecular complexity index is 1120. The van der Waals surface area contributed by atoms with E-state index in [9.17, 15) is 9.18 Å². The maximum atomic E-state index is 14.5. The highest BCUT2D eigenvalue weighted by Gasteiger charge is 2.13. The van der Waals surface area contributed by atoms with Crippen molar-refractivity contribution in [1.82, 2.24) is 0 Å². The van der Waals surface area contributed by atoms with Crippen LogP contribution in [0.4, 0.5) is 4.39 Å². The van der Waals surface area contributed by atoms with Crippen LogP contribution in [0.3, 0.4) is 0 Å². The van der Waals surface area contributed by atoms with Gasteiger partial charge >= 0.3 is 5.97 Å². The van der Waals surface area contributed by atoms with Gasteiger partial charge in [-0.2, -0.15) is 0 Å². The van der Waals surface area contributed by atoms with Crippen molar-refractivity contribution < 1.29 is 18.7 Å². The maximum Gasteiger partial charge on any atom is 0.343 e. The van der Waals surface area contributed by atoms with Gasteiger partial charge in [-0.15, -0.1) is 0 Å². The predicted octanol–water partition coefficient (Wildman–Crippen LogP) is 10.7. The molecule has 40 heavy (non-hydrogen) atoms. The fourth-order valence-corrected chi connectivity index (χ4v) is 4.84. The number of carbonyl (C=O) groups is 1. The van der Waals surface area contributed by atoms with Crippen LogP contribution >= 0.6 is 0 Å². The molecule has 0 N–H and O–H groups in total. The van der Waals surface area contributed by atoms with E-state index in [0.717, 1.165) is 30.4 Å². The molecule has 3 aromatic rings. The molecule has 3 rings (SSSR count). The third-order valence-electron chi connectivity index (χ3n) is 7.34. The van der Waals surface area contributed by atoms with Crippen LogP contribution in [0.5, 0.6) is 11.5 Å². The van der Waals surface area contributed by atoms with Crippen molar-refractivity contribution >= 4 is 5.97 Å². The molecule has 0 fully saturated rings. The van der Waals surface area contributed by atoms with Crippen LogP contribution in [0, 0.1) is 5.82 Å². The molecule has 0 saturated carbocycles. The minimum Gasteiger partial charge on any atom is -0.491 e. The number of carbonyl (C=O) groups excluding carboxylic acids is 1. The van der Waals surface area contributed by atoms with Crippen molar-refractivity contribution in [3.8, 4) is 22.6 Å². The molecule has 4 heteroatoms. The van der Waals surface area contributed by atoms with Crippen LogP contribution in [0.15, 0.2) is 66.7 Å². The normalized spacial score (nSPS) is 11.0. The molecule has 0 aromatic heterocycles. The third-order valence-corrected chi connectivity index (χ3v) is 7.34. The van der Waals surface area contributed by atoms with Gasteiger partial charge in [0.15, 0.2) is 11.6 Å². The first-order chi connectivity index (χ1) is 19.6. The summed E-state index contributed by atoms with van der Waals surface area (Å²) in [5.74, 6) is -0.550. The summed E-state index contributed by atoms with van der Waals surface area (Å²) in [6.07, 6.45) is 17.2. The molecule has 0 unspecified atom stereocenters. The van der Waals surface area contributed by atoms with Gasteiger partial charge in [-0.1, -0.05) is 121 Å². The highest BCUT2D eigenvalue weighted by atomic mass is 19.1. The van der Waals surface area contributed by atoms with Crippen molar-refractivity contribution in [1.29, 1.82) is 0 Å². The first-order valence-corrected chi connectivity index (χ1v) is 15.4. The van der Waals surface area contributed by atoms with Crippen molar-refractivity contribution in [2.75, 3.05) is 6.61 Å². The minimum atomic E-state index is -0.594. The van der Waals surface area contributed by atoms with E-state index < -0.39 is 11.8 Å². The Hall–Kier alpha value is -3.14. The molecule has 0 aliphatic carbocycles. The van der Waals surface area contributed by atoms with Gasteiger partial charge in [0.1, 0.15) is 5.75 Å². The summed E-state index contributed by atoms with van der Waals surface area (Å²) in [6.45, 7) is 4.92. The van der Waals surface area contributed by atoms with Crippen LogP contribution in [-0.2, 0) is 6.42 Å². The van der Waals surface area contributed by atoms with Gasteiger partial charge in [-0.25, -0.2) is 9.18 Å². The molecule has 0 saturated heterocycles. The molecule has 0 radical (unpaired) electrons. The fourth-order valence-electron chi connectivity index (χ4n) is 4.84. The smallest absolute Gasteiger partial charge is 0.343 e. The average molecular weight is 547 g/mol. The van der Waals surface area contributed by atoms with Crippen LogP contribution in [0.2, 0.25) is 0 Å². The number of hydrogen-bond donors (Lipinski definition) is 0. The molecule has 0 heterocycles. The van der Waals surface area contributed by atoms with Gasteiger partial charge in [0.05, 0.1) is 12.2 Å². The molecule has 3 nitrogen and oxygen atoms in total. The van der Waals surface area contributed by atoms with E-state index >= 15 is 0 Å². The van der Waals surface area contributed by atoms with E-state index in [1.165, 1.54) is 88.3 Å². The van der Waals surface area contributed by atoms with Crippen LogP contribution in [0.25, 0.3) is 11.1 Å². The van der Waals surface area contributed by atoms with Crippen molar-refractivity contribution in [2.24, 2.45) is 0 Å². The van der Waals surface area contributed by atoms with Crippen LogP contribution in [0.1, 0.15) is 113 Å². The Kier molecular flexibility index (Phi) is 14.3. The van der Waals surface area contributed by atoms with Gasteiger partial charge in [-0.3, -0.25) is 0 Å². The molecular weight excluding hydrogens is 499 g/mol. The van der Waals surface area contributed by atoms with Crippen molar-refractivity contribution in [3.05, 3.63) is 83.7 Å². The summed E-state index contributed by atoms with van der Waals surface area (Å²) in [5.41, 5.74) is 3.71.